The van der Waals surface area contributed by atoms with Crippen LogP contribution in [0.3, 0.4) is 0 Å². The standard InChI is InChI=1S/C14H31N3/c1-5-12(6-2)9-13(15)10-14-11-16(3)7-8-17(14)4/h12-14H,5-11,15H2,1-4H3. The molecule has 0 aromatic rings. The van der Waals surface area contributed by atoms with Crippen LogP contribution in [0, 0.1) is 5.92 Å². The number of hydrogen-bond donors (Lipinski definition) is 1. The second kappa shape index (κ2) is 7.34. The van der Waals surface area contributed by atoms with Crippen molar-refractivity contribution in [1.82, 2.24) is 9.80 Å². The lowest BCUT2D eigenvalue weighted by Gasteiger charge is -2.39. The molecule has 0 spiro atoms. The molecule has 1 saturated heterocycles. The summed E-state index contributed by atoms with van der Waals surface area (Å²) in [5.74, 6) is 0.816. The van der Waals surface area contributed by atoms with Gasteiger partial charge in [0.15, 0.2) is 0 Å². The van der Waals surface area contributed by atoms with Crippen molar-refractivity contribution >= 4 is 0 Å². The molecule has 1 heterocycles. The third kappa shape index (κ3) is 4.94. The number of rotatable bonds is 6. The van der Waals surface area contributed by atoms with Gasteiger partial charge in [0.1, 0.15) is 0 Å². The van der Waals surface area contributed by atoms with E-state index < -0.39 is 0 Å². The number of nitrogens with two attached hydrogens (primary N) is 1. The first kappa shape index (κ1) is 14.9. The highest BCUT2D eigenvalue weighted by Crippen LogP contribution is 2.18. The normalized spacial score (nSPS) is 25.4. The fourth-order valence-corrected chi connectivity index (χ4v) is 2.85. The van der Waals surface area contributed by atoms with E-state index in [4.69, 9.17) is 5.73 Å². The summed E-state index contributed by atoms with van der Waals surface area (Å²) in [7, 11) is 4.45. The Bertz CT molecular complexity index is 204. The Hall–Kier alpha value is -0.120. The van der Waals surface area contributed by atoms with Crippen molar-refractivity contribution in [2.24, 2.45) is 11.7 Å². The Kier molecular flexibility index (Phi) is 6.45. The summed E-state index contributed by atoms with van der Waals surface area (Å²) in [4.78, 5) is 4.90. The maximum absolute atomic E-state index is 6.32. The van der Waals surface area contributed by atoms with E-state index in [9.17, 15) is 0 Å². The van der Waals surface area contributed by atoms with E-state index in [1.165, 1.54) is 38.9 Å². The average molecular weight is 241 g/mol. The molecule has 3 nitrogen and oxygen atoms in total. The van der Waals surface area contributed by atoms with Crippen molar-refractivity contribution in [2.45, 2.75) is 51.6 Å². The van der Waals surface area contributed by atoms with Crippen LogP contribution in [0.15, 0.2) is 0 Å². The van der Waals surface area contributed by atoms with E-state index in [1.807, 2.05) is 0 Å². The van der Waals surface area contributed by atoms with Gasteiger partial charge in [-0.1, -0.05) is 26.7 Å². The molecule has 3 heteroatoms. The van der Waals surface area contributed by atoms with Crippen LogP contribution in [-0.4, -0.2) is 55.6 Å². The van der Waals surface area contributed by atoms with Crippen molar-refractivity contribution < 1.29 is 0 Å². The number of hydrogen-bond acceptors (Lipinski definition) is 3. The van der Waals surface area contributed by atoms with Crippen molar-refractivity contribution in [3.05, 3.63) is 0 Å². The summed E-state index contributed by atoms with van der Waals surface area (Å²) in [6.07, 6.45) is 4.88. The maximum atomic E-state index is 6.32. The molecule has 2 atom stereocenters. The quantitative estimate of drug-likeness (QED) is 0.769. The summed E-state index contributed by atoms with van der Waals surface area (Å²) in [6.45, 7) is 8.10. The zero-order valence-electron chi connectivity index (χ0n) is 12.2. The Labute approximate surface area is 107 Å². The highest BCUT2D eigenvalue weighted by molar-refractivity contribution is 4.82. The third-order valence-electron chi connectivity index (χ3n) is 4.35. The van der Waals surface area contributed by atoms with Gasteiger partial charge in [0, 0.05) is 31.7 Å². The highest BCUT2D eigenvalue weighted by atomic mass is 15.3. The molecule has 0 radical (unpaired) electrons. The van der Waals surface area contributed by atoms with Crippen LogP contribution in [-0.2, 0) is 0 Å². The molecule has 0 saturated carbocycles. The van der Waals surface area contributed by atoms with Gasteiger partial charge < -0.3 is 15.5 Å². The maximum Gasteiger partial charge on any atom is 0.0235 e. The largest absolute Gasteiger partial charge is 0.328 e. The molecule has 0 amide bonds. The van der Waals surface area contributed by atoms with Gasteiger partial charge in [0.25, 0.3) is 0 Å². The van der Waals surface area contributed by atoms with Gasteiger partial charge in [-0.25, -0.2) is 0 Å². The summed E-state index contributed by atoms with van der Waals surface area (Å²) in [6, 6.07) is 1.02. The molecule has 102 valence electrons. The SMILES string of the molecule is CCC(CC)CC(N)CC1CN(C)CCN1C. The van der Waals surface area contributed by atoms with E-state index in [0.29, 0.717) is 12.1 Å². The van der Waals surface area contributed by atoms with Gasteiger partial charge in [-0.2, -0.15) is 0 Å². The minimum Gasteiger partial charge on any atom is -0.328 e. The zero-order valence-corrected chi connectivity index (χ0v) is 12.2. The van der Waals surface area contributed by atoms with Gasteiger partial charge in [-0.05, 0) is 32.9 Å². The van der Waals surface area contributed by atoms with Gasteiger partial charge in [0.2, 0.25) is 0 Å². The average Bonchev–Trinajstić information content (AvgIpc) is 2.31. The minimum absolute atomic E-state index is 0.374. The molecule has 2 unspecified atom stereocenters. The zero-order chi connectivity index (χ0) is 12.8. The third-order valence-corrected chi connectivity index (χ3v) is 4.35. The monoisotopic (exact) mass is 241 g/mol. The molecular weight excluding hydrogens is 210 g/mol. The molecule has 0 aromatic heterocycles. The molecule has 1 aliphatic rings. The fraction of sp³-hybridized carbons (Fsp3) is 1.00. The van der Waals surface area contributed by atoms with Gasteiger partial charge >= 0.3 is 0 Å². The van der Waals surface area contributed by atoms with Crippen molar-refractivity contribution in [3.8, 4) is 0 Å². The minimum atomic E-state index is 0.374. The van der Waals surface area contributed by atoms with E-state index in [0.717, 1.165) is 12.3 Å². The van der Waals surface area contributed by atoms with Crippen LogP contribution in [0.25, 0.3) is 0 Å². The Morgan fingerprint density at radius 2 is 1.82 bits per heavy atom. The summed E-state index contributed by atoms with van der Waals surface area (Å²) >= 11 is 0. The Morgan fingerprint density at radius 3 is 2.41 bits per heavy atom. The Balaban J connectivity index is 2.35. The number of likely N-dealkylation sites (N-methyl/N-ethyl adjacent to an activating group) is 2. The molecular formula is C14H31N3. The van der Waals surface area contributed by atoms with E-state index in [2.05, 4.69) is 37.7 Å². The lowest BCUT2D eigenvalue weighted by atomic mass is 9.91. The molecule has 1 rings (SSSR count). The lowest BCUT2D eigenvalue weighted by molar-refractivity contribution is 0.102. The molecule has 0 aromatic carbocycles. The second-order valence-electron chi connectivity index (χ2n) is 5.81. The van der Waals surface area contributed by atoms with Crippen LogP contribution in [0.5, 0.6) is 0 Å². The van der Waals surface area contributed by atoms with E-state index in [1.54, 1.807) is 0 Å². The second-order valence-corrected chi connectivity index (χ2v) is 5.81. The summed E-state index contributed by atoms with van der Waals surface area (Å²) < 4.78 is 0. The number of piperazine rings is 1. The van der Waals surface area contributed by atoms with Crippen molar-refractivity contribution in [3.63, 3.8) is 0 Å². The molecule has 0 bridgehead atoms. The van der Waals surface area contributed by atoms with Gasteiger partial charge in [-0.3, -0.25) is 0 Å². The first-order valence-electron chi connectivity index (χ1n) is 7.21. The van der Waals surface area contributed by atoms with Crippen LogP contribution in [0.1, 0.15) is 39.5 Å². The first-order chi connectivity index (χ1) is 8.06. The molecule has 2 N–H and O–H groups in total. The van der Waals surface area contributed by atoms with E-state index in [-0.39, 0.29) is 0 Å². The van der Waals surface area contributed by atoms with Crippen molar-refractivity contribution in [2.75, 3.05) is 33.7 Å². The molecule has 1 aliphatic heterocycles. The molecule has 17 heavy (non-hydrogen) atoms. The first-order valence-corrected chi connectivity index (χ1v) is 7.21. The molecule has 0 aliphatic carbocycles. The lowest BCUT2D eigenvalue weighted by Crippen LogP contribution is -2.51. The van der Waals surface area contributed by atoms with Crippen LogP contribution < -0.4 is 5.73 Å². The van der Waals surface area contributed by atoms with Crippen LogP contribution >= 0.6 is 0 Å². The smallest absolute Gasteiger partial charge is 0.0235 e. The van der Waals surface area contributed by atoms with Crippen LogP contribution in [0.4, 0.5) is 0 Å². The van der Waals surface area contributed by atoms with Gasteiger partial charge in [-0.15, -0.1) is 0 Å². The predicted molar refractivity (Wildman–Crippen MR) is 75.2 cm³/mol. The molecule has 1 fully saturated rings. The van der Waals surface area contributed by atoms with Crippen molar-refractivity contribution in [1.29, 1.82) is 0 Å². The summed E-state index contributed by atoms with van der Waals surface area (Å²) in [5, 5.41) is 0. The predicted octanol–water partition coefficient (Wildman–Crippen LogP) is 1.78. The van der Waals surface area contributed by atoms with Gasteiger partial charge in [0.05, 0.1) is 0 Å². The summed E-state index contributed by atoms with van der Waals surface area (Å²) in [5.41, 5.74) is 6.32. The van der Waals surface area contributed by atoms with E-state index >= 15 is 0 Å². The Morgan fingerprint density at radius 1 is 1.18 bits per heavy atom. The van der Waals surface area contributed by atoms with Crippen LogP contribution in [0.2, 0.25) is 0 Å². The topological polar surface area (TPSA) is 32.5 Å². The highest BCUT2D eigenvalue weighted by Gasteiger charge is 2.24. The fourth-order valence-electron chi connectivity index (χ4n) is 2.85. The number of nitrogens with zero attached hydrogens (tertiary/aromatic N) is 2.